The maximum absolute atomic E-state index is 14.4. The third-order valence-corrected chi connectivity index (χ3v) is 6.77. The smallest absolute Gasteiger partial charge is 0.276 e. The first-order valence-electron chi connectivity index (χ1n) is 11.4. The van der Waals surface area contributed by atoms with Crippen molar-refractivity contribution in [1.29, 1.82) is 0 Å². The molecule has 1 aliphatic carbocycles. The Bertz CT molecular complexity index is 998. The van der Waals surface area contributed by atoms with Crippen LogP contribution in [0.4, 0.5) is 10.1 Å². The van der Waals surface area contributed by atoms with Crippen molar-refractivity contribution >= 4 is 17.5 Å². The first kappa shape index (κ1) is 22.5. The van der Waals surface area contributed by atoms with Gasteiger partial charge in [0.15, 0.2) is 5.69 Å². The highest BCUT2D eigenvalue weighted by Crippen LogP contribution is 2.29. The molecule has 8 heteroatoms. The van der Waals surface area contributed by atoms with E-state index in [9.17, 15) is 14.0 Å². The van der Waals surface area contributed by atoms with E-state index in [1.165, 1.54) is 12.1 Å². The molecular weight excluding hydrogens is 409 g/mol. The van der Waals surface area contributed by atoms with Crippen molar-refractivity contribution < 1.29 is 14.0 Å². The second-order valence-corrected chi connectivity index (χ2v) is 9.16. The Morgan fingerprint density at radius 2 is 1.97 bits per heavy atom. The van der Waals surface area contributed by atoms with Crippen molar-refractivity contribution in [3.63, 3.8) is 0 Å². The van der Waals surface area contributed by atoms with E-state index in [0.717, 1.165) is 49.9 Å². The van der Waals surface area contributed by atoms with E-state index in [-0.39, 0.29) is 29.4 Å². The predicted octanol–water partition coefficient (Wildman–Crippen LogP) is 3.34. The molecule has 2 amide bonds. The number of nitrogens with one attached hydrogen (secondary N) is 1. The minimum atomic E-state index is -0.384. The Kier molecular flexibility index (Phi) is 6.60. The average Bonchev–Trinajstić information content (AvgIpc) is 3.43. The summed E-state index contributed by atoms with van der Waals surface area (Å²) in [5.74, 6) is -0.251. The number of anilines is 1. The standard InChI is InChI=1S/C24H32FN5O2/c1-16-14-29(10-11-30(16)24(32)18-6-4-5-7-18)15-19-12-20(25)13-22(17(19)2)26-23(31)21-8-9-28(3)27-21/h8-9,12-13,16,18H,4-7,10-11,14-15H2,1-3H3,(H,26,31)/t16-/m0/s1. The molecule has 2 aromatic rings. The third-order valence-electron chi connectivity index (χ3n) is 6.77. The number of carbonyl (C=O) groups is 2. The maximum Gasteiger partial charge on any atom is 0.276 e. The lowest BCUT2D eigenvalue weighted by molar-refractivity contribution is -0.140. The molecule has 172 valence electrons. The molecule has 1 aromatic heterocycles. The maximum atomic E-state index is 14.4. The van der Waals surface area contributed by atoms with Crippen LogP contribution in [-0.4, -0.2) is 57.1 Å². The van der Waals surface area contributed by atoms with Crippen LogP contribution in [0.2, 0.25) is 0 Å². The number of piperazine rings is 1. The van der Waals surface area contributed by atoms with Crippen LogP contribution in [0, 0.1) is 18.7 Å². The molecule has 0 bridgehead atoms. The highest BCUT2D eigenvalue weighted by Gasteiger charge is 2.33. The van der Waals surface area contributed by atoms with Crippen molar-refractivity contribution in [2.45, 2.75) is 52.1 Å². The molecule has 1 aliphatic heterocycles. The highest BCUT2D eigenvalue weighted by molar-refractivity contribution is 6.03. The highest BCUT2D eigenvalue weighted by atomic mass is 19.1. The fourth-order valence-corrected chi connectivity index (χ4v) is 4.90. The number of nitrogens with zero attached hydrogens (tertiary/aromatic N) is 4. The number of hydrogen-bond donors (Lipinski definition) is 1. The summed E-state index contributed by atoms with van der Waals surface area (Å²) in [5, 5.41) is 6.90. The number of rotatable bonds is 5. The lowest BCUT2D eigenvalue weighted by atomic mass is 10.0. The van der Waals surface area contributed by atoms with Gasteiger partial charge in [-0.25, -0.2) is 4.39 Å². The minimum Gasteiger partial charge on any atom is -0.337 e. The summed E-state index contributed by atoms with van der Waals surface area (Å²) < 4.78 is 15.9. The zero-order valence-corrected chi connectivity index (χ0v) is 19.1. The first-order valence-corrected chi connectivity index (χ1v) is 11.4. The van der Waals surface area contributed by atoms with Gasteiger partial charge in [-0.15, -0.1) is 0 Å². The monoisotopic (exact) mass is 441 g/mol. The Hall–Kier alpha value is -2.74. The Labute approximate surface area is 188 Å². The van der Waals surface area contributed by atoms with Gasteiger partial charge in [0.1, 0.15) is 5.82 Å². The topological polar surface area (TPSA) is 70.5 Å². The fraction of sp³-hybridized carbons (Fsp3) is 0.542. The molecule has 0 radical (unpaired) electrons. The van der Waals surface area contributed by atoms with Crippen LogP contribution in [0.25, 0.3) is 0 Å². The molecule has 1 saturated heterocycles. The van der Waals surface area contributed by atoms with E-state index in [1.54, 1.807) is 24.0 Å². The van der Waals surface area contributed by atoms with Gasteiger partial charge in [-0.05, 0) is 56.0 Å². The van der Waals surface area contributed by atoms with Crippen molar-refractivity contribution in [1.82, 2.24) is 19.6 Å². The van der Waals surface area contributed by atoms with Gasteiger partial charge in [0.2, 0.25) is 5.91 Å². The fourth-order valence-electron chi connectivity index (χ4n) is 4.90. The van der Waals surface area contributed by atoms with E-state index in [4.69, 9.17) is 0 Å². The molecule has 1 saturated carbocycles. The van der Waals surface area contributed by atoms with Crippen molar-refractivity contribution in [3.8, 4) is 0 Å². The number of benzene rings is 1. The average molecular weight is 442 g/mol. The van der Waals surface area contributed by atoms with Gasteiger partial charge in [0.05, 0.1) is 0 Å². The Morgan fingerprint density at radius 1 is 1.22 bits per heavy atom. The van der Waals surface area contributed by atoms with Crippen molar-refractivity contribution in [2.75, 3.05) is 25.0 Å². The molecular formula is C24H32FN5O2. The van der Waals surface area contributed by atoms with E-state index < -0.39 is 0 Å². The molecule has 2 aliphatic rings. The van der Waals surface area contributed by atoms with Gasteiger partial charge in [-0.1, -0.05) is 12.8 Å². The summed E-state index contributed by atoms with van der Waals surface area (Å²) in [6.45, 7) is 6.78. The zero-order valence-electron chi connectivity index (χ0n) is 19.1. The second kappa shape index (κ2) is 9.40. The van der Waals surface area contributed by atoms with Gasteiger partial charge in [-0.3, -0.25) is 19.2 Å². The summed E-state index contributed by atoms with van der Waals surface area (Å²) in [6, 6.07) is 4.64. The summed E-state index contributed by atoms with van der Waals surface area (Å²) in [7, 11) is 1.74. The van der Waals surface area contributed by atoms with E-state index in [1.807, 2.05) is 11.8 Å². The van der Waals surface area contributed by atoms with Gasteiger partial charge >= 0.3 is 0 Å². The van der Waals surface area contributed by atoms with E-state index in [0.29, 0.717) is 24.7 Å². The first-order chi connectivity index (χ1) is 15.3. The lowest BCUT2D eigenvalue weighted by Crippen LogP contribution is -2.54. The number of aryl methyl sites for hydroxylation is 1. The molecule has 32 heavy (non-hydrogen) atoms. The Morgan fingerprint density at radius 3 is 2.62 bits per heavy atom. The van der Waals surface area contributed by atoms with Crippen LogP contribution in [0.5, 0.6) is 0 Å². The second-order valence-electron chi connectivity index (χ2n) is 9.16. The molecule has 1 N–H and O–H groups in total. The zero-order chi connectivity index (χ0) is 22.8. The number of carbonyl (C=O) groups excluding carboxylic acids is 2. The Balaban J connectivity index is 1.42. The van der Waals surface area contributed by atoms with Crippen LogP contribution in [0.1, 0.15) is 54.2 Å². The molecule has 4 rings (SSSR count). The summed E-state index contributed by atoms with van der Waals surface area (Å²) in [4.78, 5) is 29.6. The van der Waals surface area contributed by atoms with Crippen molar-refractivity contribution in [3.05, 3.63) is 47.0 Å². The van der Waals surface area contributed by atoms with E-state index in [2.05, 4.69) is 22.2 Å². The summed E-state index contributed by atoms with van der Waals surface area (Å²) in [6.07, 6.45) is 6.03. The number of amides is 2. The third kappa shape index (κ3) is 4.85. The van der Waals surface area contributed by atoms with Crippen LogP contribution >= 0.6 is 0 Å². The van der Waals surface area contributed by atoms with Gasteiger partial charge in [-0.2, -0.15) is 5.10 Å². The normalized spacial score (nSPS) is 20.0. The lowest BCUT2D eigenvalue weighted by Gasteiger charge is -2.41. The van der Waals surface area contributed by atoms with Crippen LogP contribution in [0.3, 0.4) is 0 Å². The number of halogens is 1. The molecule has 1 atom stereocenters. The molecule has 7 nitrogen and oxygen atoms in total. The van der Waals surface area contributed by atoms with E-state index >= 15 is 0 Å². The summed E-state index contributed by atoms with van der Waals surface area (Å²) in [5.41, 5.74) is 2.42. The molecule has 0 spiro atoms. The molecule has 2 heterocycles. The van der Waals surface area contributed by atoms with Crippen LogP contribution < -0.4 is 5.32 Å². The van der Waals surface area contributed by atoms with Crippen molar-refractivity contribution in [2.24, 2.45) is 13.0 Å². The number of aromatic nitrogens is 2. The van der Waals surface area contributed by atoms with Crippen LogP contribution in [0.15, 0.2) is 24.4 Å². The van der Waals surface area contributed by atoms with Gasteiger partial charge in [0, 0.05) is 57.1 Å². The summed E-state index contributed by atoms with van der Waals surface area (Å²) >= 11 is 0. The van der Waals surface area contributed by atoms with Gasteiger partial charge in [0.25, 0.3) is 5.91 Å². The molecule has 1 aromatic carbocycles. The minimum absolute atomic E-state index is 0.133. The predicted molar refractivity (Wildman–Crippen MR) is 121 cm³/mol. The quantitative estimate of drug-likeness (QED) is 0.773. The van der Waals surface area contributed by atoms with Gasteiger partial charge < -0.3 is 10.2 Å². The SMILES string of the molecule is Cc1c(CN2CCN(C(=O)C3CCCC3)[C@@H](C)C2)cc(F)cc1NC(=O)c1ccn(C)n1. The largest absolute Gasteiger partial charge is 0.337 e. The number of hydrogen-bond acceptors (Lipinski definition) is 4. The molecule has 2 fully saturated rings. The van der Waals surface area contributed by atoms with Crippen LogP contribution in [-0.2, 0) is 18.4 Å². The molecule has 0 unspecified atom stereocenters.